The number of halogens is 1. The average molecular weight is 612 g/mol. The van der Waals surface area contributed by atoms with Gasteiger partial charge in [-0.3, -0.25) is 14.5 Å². The van der Waals surface area contributed by atoms with Crippen LogP contribution in [-0.2, 0) is 16.1 Å². The minimum atomic E-state index is -0.960. The van der Waals surface area contributed by atoms with E-state index in [1.165, 1.54) is 49.8 Å². The second kappa shape index (κ2) is 15.6. The van der Waals surface area contributed by atoms with E-state index in [1.54, 1.807) is 12.1 Å². The Balaban J connectivity index is 0.00000423. The van der Waals surface area contributed by atoms with Gasteiger partial charge < -0.3 is 20.1 Å². The Kier molecular flexibility index (Phi) is 11.9. The molecule has 0 unspecified atom stereocenters. The summed E-state index contributed by atoms with van der Waals surface area (Å²) in [6.07, 6.45) is 10.6. The van der Waals surface area contributed by atoms with E-state index in [1.807, 2.05) is 17.0 Å². The summed E-state index contributed by atoms with van der Waals surface area (Å²) in [5.74, 6) is 1.25. The quantitative estimate of drug-likeness (QED) is 0.310. The number of carbonyl (C=O) groups is 3. The zero-order valence-electron chi connectivity index (χ0n) is 25.2. The van der Waals surface area contributed by atoms with Gasteiger partial charge in [0.25, 0.3) is 0 Å². The summed E-state index contributed by atoms with van der Waals surface area (Å²) in [7, 11) is 0. The second-order valence-electron chi connectivity index (χ2n) is 12.3. The third kappa shape index (κ3) is 8.51. The van der Waals surface area contributed by atoms with Gasteiger partial charge in [0.05, 0.1) is 5.56 Å². The van der Waals surface area contributed by atoms with Crippen molar-refractivity contribution in [2.75, 3.05) is 19.6 Å². The lowest BCUT2D eigenvalue weighted by Crippen LogP contribution is -2.66. The number of likely N-dealkylation sites (tertiary alicyclic amines) is 1. The summed E-state index contributed by atoms with van der Waals surface area (Å²) in [4.78, 5) is 42.6. The molecule has 2 atom stereocenters. The van der Waals surface area contributed by atoms with Gasteiger partial charge in [0, 0.05) is 13.1 Å². The summed E-state index contributed by atoms with van der Waals surface area (Å²) in [5.41, 5.74) is 1.41. The van der Waals surface area contributed by atoms with Crippen LogP contribution in [0.5, 0.6) is 11.5 Å². The van der Waals surface area contributed by atoms with Gasteiger partial charge in [-0.25, -0.2) is 4.79 Å². The van der Waals surface area contributed by atoms with Crippen LogP contribution in [0.4, 0.5) is 0 Å². The van der Waals surface area contributed by atoms with Gasteiger partial charge >= 0.3 is 5.97 Å². The molecular weight excluding hydrogens is 566 g/mol. The van der Waals surface area contributed by atoms with Crippen LogP contribution < -0.4 is 10.1 Å². The number of aromatic carboxylic acids is 1. The first-order valence-corrected chi connectivity index (χ1v) is 15.8. The van der Waals surface area contributed by atoms with E-state index in [4.69, 9.17) is 9.84 Å². The van der Waals surface area contributed by atoms with Crippen molar-refractivity contribution in [3.8, 4) is 11.5 Å². The SMILES string of the molecule is CCCCN1C(=O)[C@H](CC2CCCCC2)NC(=O)[C@@H]1C1CCN(Cc2ccc(Oc3ccc(C(=O)O)cc3)cc2)CC1.Cl. The van der Waals surface area contributed by atoms with E-state index in [2.05, 4.69) is 29.3 Å². The van der Waals surface area contributed by atoms with E-state index >= 15 is 0 Å². The maximum atomic E-state index is 13.7. The van der Waals surface area contributed by atoms with E-state index in [-0.39, 0.29) is 47.8 Å². The van der Waals surface area contributed by atoms with E-state index in [0.29, 0.717) is 24.0 Å². The number of hydrogen-bond donors (Lipinski definition) is 2. The Hall–Kier alpha value is -3.10. The van der Waals surface area contributed by atoms with Crippen molar-refractivity contribution in [2.24, 2.45) is 11.8 Å². The lowest BCUT2D eigenvalue weighted by molar-refractivity contribution is -0.153. The number of unbranched alkanes of at least 4 members (excludes halogenated alkanes) is 1. The molecule has 234 valence electrons. The number of rotatable bonds is 11. The van der Waals surface area contributed by atoms with Gasteiger partial charge in [0.15, 0.2) is 0 Å². The number of nitrogens with zero attached hydrogens (tertiary/aromatic N) is 2. The lowest BCUT2D eigenvalue weighted by atomic mass is 9.82. The molecular formula is C34H46ClN3O5. The molecule has 1 saturated carbocycles. The monoisotopic (exact) mass is 611 g/mol. The van der Waals surface area contributed by atoms with E-state index in [0.717, 1.165) is 51.7 Å². The van der Waals surface area contributed by atoms with Crippen molar-refractivity contribution in [3.63, 3.8) is 0 Å². The molecule has 3 aliphatic rings. The first kappa shape index (κ1) is 32.8. The van der Waals surface area contributed by atoms with Gasteiger partial charge in [-0.1, -0.05) is 57.6 Å². The van der Waals surface area contributed by atoms with Crippen molar-refractivity contribution < 1.29 is 24.2 Å². The molecule has 9 heteroatoms. The molecule has 8 nitrogen and oxygen atoms in total. The van der Waals surface area contributed by atoms with Crippen LogP contribution in [0.2, 0.25) is 0 Å². The van der Waals surface area contributed by atoms with Gasteiger partial charge in [-0.15, -0.1) is 12.4 Å². The zero-order valence-corrected chi connectivity index (χ0v) is 26.0. The van der Waals surface area contributed by atoms with Crippen molar-refractivity contribution in [1.29, 1.82) is 0 Å². The van der Waals surface area contributed by atoms with Crippen LogP contribution in [0, 0.1) is 11.8 Å². The number of piperidine rings is 1. The summed E-state index contributed by atoms with van der Waals surface area (Å²) >= 11 is 0. The number of carbonyl (C=O) groups excluding carboxylic acids is 2. The summed E-state index contributed by atoms with van der Waals surface area (Å²) in [5, 5.41) is 12.2. The van der Waals surface area contributed by atoms with Crippen LogP contribution in [-0.4, -0.2) is 64.4 Å². The van der Waals surface area contributed by atoms with Crippen LogP contribution in [0.3, 0.4) is 0 Å². The average Bonchev–Trinajstić information content (AvgIpc) is 3.00. The predicted molar refractivity (Wildman–Crippen MR) is 169 cm³/mol. The number of piperazine rings is 1. The fourth-order valence-corrected chi connectivity index (χ4v) is 6.91. The highest BCUT2D eigenvalue weighted by Crippen LogP contribution is 2.32. The number of ether oxygens (including phenoxy) is 1. The highest BCUT2D eigenvalue weighted by atomic mass is 35.5. The number of hydrogen-bond acceptors (Lipinski definition) is 5. The predicted octanol–water partition coefficient (Wildman–Crippen LogP) is 6.28. The molecule has 2 heterocycles. The molecule has 2 saturated heterocycles. The molecule has 5 rings (SSSR count). The van der Waals surface area contributed by atoms with Crippen LogP contribution in [0.1, 0.15) is 87.1 Å². The summed E-state index contributed by atoms with van der Waals surface area (Å²) < 4.78 is 5.87. The topological polar surface area (TPSA) is 99.2 Å². The first-order chi connectivity index (χ1) is 20.4. The number of carboxylic acids is 1. The largest absolute Gasteiger partial charge is 0.478 e. The van der Waals surface area contributed by atoms with Crippen LogP contribution in [0.25, 0.3) is 0 Å². The Morgan fingerprint density at radius 1 is 0.930 bits per heavy atom. The van der Waals surface area contributed by atoms with Crippen LogP contribution in [0.15, 0.2) is 48.5 Å². The fraction of sp³-hybridized carbons (Fsp3) is 0.559. The Morgan fingerprint density at radius 2 is 1.56 bits per heavy atom. The Labute approximate surface area is 261 Å². The Morgan fingerprint density at radius 3 is 2.16 bits per heavy atom. The molecule has 0 bridgehead atoms. The summed E-state index contributed by atoms with van der Waals surface area (Å²) in [6.45, 7) is 5.42. The maximum Gasteiger partial charge on any atom is 0.335 e. The van der Waals surface area contributed by atoms with Crippen molar-refractivity contribution in [2.45, 2.75) is 89.8 Å². The van der Waals surface area contributed by atoms with Crippen LogP contribution >= 0.6 is 12.4 Å². The molecule has 2 aliphatic heterocycles. The molecule has 3 fully saturated rings. The van der Waals surface area contributed by atoms with Crippen molar-refractivity contribution >= 4 is 30.2 Å². The van der Waals surface area contributed by atoms with Gasteiger partial charge in [-0.05, 0) is 92.6 Å². The smallest absolute Gasteiger partial charge is 0.335 e. The number of carboxylic acid groups (broad SMARTS) is 1. The molecule has 2 N–H and O–H groups in total. The third-order valence-corrected chi connectivity index (χ3v) is 9.29. The van der Waals surface area contributed by atoms with Gasteiger partial charge in [-0.2, -0.15) is 0 Å². The number of nitrogens with one attached hydrogen (secondary N) is 1. The number of amides is 2. The number of benzene rings is 2. The van der Waals surface area contributed by atoms with Gasteiger partial charge in [0.2, 0.25) is 11.8 Å². The van der Waals surface area contributed by atoms with E-state index in [9.17, 15) is 14.4 Å². The normalized spacial score (nSPS) is 22.1. The van der Waals surface area contributed by atoms with Crippen molar-refractivity contribution in [1.82, 2.24) is 15.1 Å². The molecule has 43 heavy (non-hydrogen) atoms. The molecule has 0 spiro atoms. The van der Waals surface area contributed by atoms with Crippen molar-refractivity contribution in [3.05, 3.63) is 59.7 Å². The molecule has 2 amide bonds. The highest BCUT2D eigenvalue weighted by Gasteiger charge is 2.45. The molecule has 2 aromatic rings. The molecule has 0 aromatic heterocycles. The fourth-order valence-electron chi connectivity index (χ4n) is 6.91. The second-order valence-corrected chi connectivity index (χ2v) is 12.3. The van der Waals surface area contributed by atoms with Gasteiger partial charge in [0.1, 0.15) is 23.6 Å². The molecule has 2 aromatic carbocycles. The maximum absolute atomic E-state index is 13.7. The molecule has 1 aliphatic carbocycles. The molecule has 0 radical (unpaired) electrons. The lowest BCUT2D eigenvalue weighted by Gasteiger charge is -2.45. The zero-order chi connectivity index (χ0) is 29.5. The minimum absolute atomic E-state index is 0. The minimum Gasteiger partial charge on any atom is -0.478 e. The summed E-state index contributed by atoms with van der Waals surface area (Å²) in [6, 6.07) is 13.6. The van der Waals surface area contributed by atoms with E-state index < -0.39 is 5.97 Å². The third-order valence-electron chi connectivity index (χ3n) is 9.29. The first-order valence-electron chi connectivity index (χ1n) is 15.8. The highest BCUT2D eigenvalue weighted by molar-refractivity contribution is 5.97. The standard InChI is InChI=1S/C34H45N3O5.ClH/c1-2-3-19-37-31(32(38)35-30(33(37)39)22-24-7-5-4-6-8-24)26-17-20-36(21-18-26)23-25-9-13-28(14-10-25)42-29-15-11-27(12-16-29)34(40)41;/h9-16,24,26,30-31H,2-8,17-23H2,1H3,(H,35,38)(H,40,41);1H/t30-,31-;/m0./s1. The Bertz CT molecular complexity index is 1210.